The summed E-state index contributed by atoms with van der Waals surface area (Å²) < 4.78 is 29.2. The minimum Gasteiger partial charge on any atom is -0.346 e. The predicted molar refractivity (Wildman–Crippen MR) is 91.5 cm³/mol. The summed E-state index contributed by atoms with van der Waals surface area (Å²) in [6, 6.07) is 12.4. The Kier molecular flexibility index (Phi) is 4.81. The highest BCUT2D eigenvalue weighted by Gasteiger charge is 2.46. The fourth-order valence-corrected chi connectivity index (χ4v) is 3.37. The Bertz CT molecular complexity index is 751. The Hall–Kier alpha value is -2.34. The van der Waals surface area contributed by atoms with Crippen molar-refractivity contribution >= 4 is 5.91 Å². The molecule has 1 fully saturated rings. The van der Waals surface area contributed by atoms with Gasteiger partial charge in [0.25, 0.3) is 5.91 Å². The molecule has 25 heavy (non-hydrogen) atoms. The first kappa shape index (κ1) is 17.5. The van der Waals surface area contributed by atoms with Crippen LogP contribution in [-0.4, -0.2) is 42.0 Å². The first-order chi connectivity index (χ1) is 11.9. The maximum atomic E-state index is 14.6. The summed E-state index contributed by atoms with van der Waals surface area (Å²) >= 11 is 0. The molecule has 1 aromatic heterocycles. The second kappa shape index (κ2) is 6.88. The highest BCUT2D eigenvalue weighted by atomic mass is 19.3. The van der Waals surface area contributed by atoms with Crippen LogP contribution >= 0.6 is 0 Å². The molecule has 3 rings (SSSR count). The van der Waals surface area contributed by atoms with Crippen LogP contribution in [0.4, 0.5) is 8.78 Å². The van der Waals surface area contributed by atoms with Gasteiger partial charge in [0.2, 0.25) is 0 Å². The summed E-state index contributed by atoms with van der Waals surface area (Å²) in [5, 5.41) is 2.55. The number of alkyl halides is 2. The van der Waals surface area contributed by atoms with Crippen molar-refractivity contribution in [3.63, 3.8) is 0 Å². The molecular formula is C19H21F2N3O. The van der Waals surface area contributed by atoms with Crippen LogP contribution in [0.3, 0.4) is 0 Å². The zero-order valence-corrected chi connectivity index (χ0v) is 14.2. The van der Waals surface area contributed by atoms with Crippen molar-refractivity contribution in [2.45, 2.75) is 24.8 Å². The number of carbonyl (C=O) groups excluding carboxylic acids is 1. The molecule has 0 unspecified atom stereocenters. The minimum atomic E-state index is -3.66. The minimum absolute atomic E-state index is 0.0178. The first-order valence-electron chi connectivity index (χ1n) is 8.24. The third-order valence-corrected chi connectivity index (χ3v) is 4.64. The molecule has 2 heterocycles. The van der Waals surface area contributed by atoms with Gasteiger partial charge in [-0.3, -0.25) is 9.78 Å². The molecule has 0 spiro atoms. The maximum absolute atomic E-state index is 14.6. The van der Waals surface area contributed by atoms with Gasteiger partial charge in [0.15, 0.2) is 0 Å². The lowest BCUT2D eigenvalue weighted by Gasteiger charge is -2.24. The summed E-state index contributed by atoms with van der Waals surface area (Å²) in [6.45, 7) is 2.77. The molecule has 1 saturated heterocycles. The van der Waals surface area contributed by atoms with Crippen molar-refractivity contribution in [2.75, 3.05) is 20.1 Å². The van der Waals surface area contributed by atoms with E-state index in [1.807, 2.05) is 42.3 Å². The number of nitrogens with one attached hydrogen (secondary N) is 1. The lowest BCUT2D eigenvalue weighted by atomic mass is 9.94. The van der Waals surface area contributed by atoms with E-state index in [-0.39, 0.29) is 12.0 Å². The van der Waals surface area contributed by atoms with E-state index in [0.29, 0.717) is 18.7 Å². The average molecular weight is 345 g/mol. The van der Waals surface area contributed by atoms with Crippen molar-refractivity contribution in [2.24, 2.45) is 0 Å². The highest BCUT2D eigenvalue weighted by molar-refractivity contribution is 5.85. The fourth-order valence-electron chi connectivity index (χ4n) is 3.37. The molecule has 6 heteroatoms. The van der Waals surface area contributed by atoms with Gasteiger partial charge in [0.1, 0.15) is 5.69 Å². The van der Waals surface area contributed by atoms with Crippen LogP contribution < -0.4 is 5.32 Å². The molecule has 0 saturated carbocycles. The van der Waals surface area contributed by atoms with E-state index in [2.05, 4.69) is 10.3 Å². The Morgan fingerprint density at radius 3 is 2.60 bits per heavy atom. The SMILES string of the molecule is Cc1cccnc1C(F)(F)C(=O)N[C@@H]1CN(C)C[C@H]1c1ccccc1. The van der Waals surface area contributed by atoms with Crippen LogP contribution in [0.5, 0.6) is 0 Å². The van der Waals surface area contributed by atoms with Gasteiger partial charge in [-0.1, -0.05) is 36.4 Å². The molecule has 0 aliphatic carbocycles. The molecule has 2 atom stereocenters. The predicted octanol–water partition coefficient (Wildman–Crippen LogP) is 2.70. The fraction of sp³-hybridized carbons (Fsp3) is 0.368. The van der Waals surface area contributed by atoms with Gasteiger partial charge in [0, 0.05) is 31.2 Å². The zero-order valence-electron chi connectivity index (χ0n) is 14.2. The van der Waals surface area contributed by atoms with Gasteiger partial charge in [-0.15, -0.1) is 0 Å². The summed E-state index contributed by atoms with van der Waals surface area (Å²) in [5.41, 5.74) is 0.843. The van der Waals surface area contributed by atoms with Crippen LogP contribution in [0.1, 0.15) is 22.7 Å². The van der Waals surface area contributed by atoms with Crippen molar-refractivity contribution in [3.05, 3.63) is 65.5 Å². The molecular weight excluding hydrogens is 324 g/mol. The molecule has 1 amide bonds. The van der Waals surface area contributed by atoms with E-state index >= 15 is 0 Å². The maximum Gasteiger partial charge on any atom is 0.366 e. The van der Waals surface area contributed by atoms with Gasteiger partial charge in [-0.05, 0) is 31.2 Å². The second-order valence-corrected chi connectivity index (χ2v) is 6.56. The van der Waals surface area contributed by atoms with E-state index in [1.54, 1.807) is 6.07 Å². The molecule has 1 aliphatic rings. The molecule has 0 radical (unpaired) electrons. The van der Waals surface area contributed by atoms with Crippen molar-refractivity contribution in [1.29, 1.82) is 0 Å². The van der Waals surface area contributed by atoms with Crippen LogP contribution in [-0.2, 0) is 10.7 Å². The third kappa shape index (κ3) is 3.54. The standard InChI is InChI=1S/C19H21F2N3O/c1-13-7-6-10-22-17(13)19(20,21)18(25)23-16-12-24(2)11-15(16)14-8-4-3-5-9-14/h3-10,15-16H,11-12H2,1-2H3,(H,23,25)/t15-,16+/m0/s1. The first-order valence-corrected chi connectivity index (χ1v) is 8.24. The number of hydrogen-bond acceptors (Lipinski definition) is 3. The Labute approximate surface area is 145 Å². The Balaban J connectivity index is 1.80. The van der Waals surface area contributed by atoms with Crippen molar-refractivity contribution in [1.82, 2.24) is 15.2 Å². The van der Waals surface area contributed by atoms with Gasteiger partial charge >= 0.3 is 5.92 Å². The van der Waals surface area contributed by atoms with E-state index in [9.17, 15) is 13.6 Å². The van der Waals surface area contributed by atoms with E-state index in [0.717, 1.165) is 5.56 Å². The average Bonchev–Trinajstić information content (AvgIpc) is 2.96. The zero-order chi connectivity index (χ0) is 18.0. The lowest BCUT2D eigenvalue weighted by Crippen LogP contribution is -2.47. The molecule has 1 aliphatic heterocycles. The molecule has 2 aromatic rings. The number of aryl methyl sites for hydroxylation is 1. The topological polar surface area (TPSA) is 45.2 Å². The van der Waals surface area contributed by atoms with Crippen molar-refractivity contribution < 1.29 is 13.6 Å². The Morgan fingerprint density at radius 2 is 1.92 bits per heavy atom. The van der Waals surface area contributed by atoms with Crippen molar-refractivity contribution in [3.8, 4) is 0 Å². The van der Waals surface area contributed by atoms with Crippen LogP contribution in [0.25, 0.3) is 0 Å². The van der Waals surface area contributed by atoms with Gasteiger partial charge < -0.3 is 10.2 Å². The van der Waals surface area contributed by atoms with Gasteiger partial charge in [-0.2, -0.15) is 8.78 Å². The highest BCUT2D eigenvalue weighted by Crippen LogP contribution is 2.31. The van der Waals surface area contributed by atoms with Gasteiger partial charge in [-0.25, -0.2) is 0 Å². The number of benzene rings is 1. The number of rotatable bonds is 4. The third-order valence-electron chi connectivity index (χ3n) is 4.64. The summed E-state index contributed by atoms with van der Waals surface area (Å²) in [6.07, 6.45) is 1.28. The normalized spacial score (nSPS) is 21.3. The van der Waals surface area contributed by atoms with Crippen LogP contribution in [0.2, 0.25) is 0 Å². The summed E-state index contributed by atoms with van der Waals surface area (Å²) in [5.74, 6) is -4.97. The number of halogens is 2. The summed E-state index contributed by atoms with van der Waals surface area (Å²) in [4.78, 5) is 18.1. The molecule has 4 nitrogen and oxygen atoms in total. The number of aromatic nitrogens is 1. The smallest absolute Gasteiger partial charge is 0.346 e. The molecule has 0 bridgehead atoms. The number of nitrogens with zero attached hydrogens (tertiary/aromatic N) is 2. The quantitative estimate of drug-likeness (QED) is 0.927. The number of likely N-dealkylation sites (N-methyl/N-ethyl adjacent to an activating group) is 1. The molecule has 1 N–H and O–H groups in total. The number of hydrogen-bond donors (Lipinski definition) is 1. The number of amides is 1. The van der Waals surface area contributed by atoms with E-state index in [1.165, 1.54) is 19.2 Å². The van der Waals surface area contributed by atoms with E-state index < -0.39 is 17.5 Å². The largest absolute Gasteiger partial charge is 0.366 e. The lowest BCUT2D eigenvalue weighted by molar-refractivity contribution is -0.148. The number of pyridine rings is 1. The monoisotopic (exact) mass is 345 g/mol. The van der Waals surface area contributed by atoms with Gasteiger partial charge in [0.05, 0.1) is 0 Å². The van der Waals surface area contributed by atoms with Crippen LogP contribution in [0.15, 0.2) is 48.7 Å². The Morgan fingerprint density at radius 1 is 1.20 bits per heavy atom. The summed E-state index contributed by atoms with van der Waals surface area (Å²) in [7, 11) is 1.92. The number of carbonyl (C=O) groups is 1. The number of likely N-dealkylation sites (tertiary alicyclic amines) is 1. The second-order valence-electron chi connectivity index (χ2n) is 6.56. The van der Waals surface area contributed by atoms with E-state index in [4.69, 9.17) is 0 Å². The van der Waals surface area contributed by atoms with Crippen LogP contribution in [0, 0.1) is 6.92 Å². The molecule has 1 aromatic carbocycles. The molecule has 132 valence electrons.